The van der Waals surface area contributed by atoms with Crippen molar-refractivity contribution in [2.45, 2.75) is 13.0 Å². The lowest BCUT2D eigenvalue weighted by atomic mass is 10.3. The number of aromatic nitrogens is 3. The molecule has 3 nitrogen and oxygen atoms in total. The van der Waals surface area contributed by atoms with E-state index in [-0.39, 0.29) is 5.82 Å². The van der Waals surface area contributed by atoms with Crippen LogP contribution in [0.3, 0.4) is 0 Å². The van der Waals surface area contributed by atoms with Crippen LogP contribution in [-0.4, -0.2) is 20.4 Å². The lowest BCUT2D eigenvalue weighted by Crippen LogP contribution is -2.07. The Hall–Kier alpha value is -1.46. The second-order valence-corrected chi connectivity index (χ2v) is 5.86. The molecule has 21 heavy (non-hydrogen) atoms. The Balaban J connectivity index is 2.13. The molecule has 0 aliphatic carbocycles. The number of rotatable bonds is 4. The van der Waals surface area contributed by atoms with Crippen LogP contribution < -0.4 is 0 Å². The fourth-order valence-corrected chi connectivity index (χ4v) is 2.78. The molecule has 0 fully saturated rings. The van der Waals surface area contributed by atoms with Crippen molar-refractivity contribution in [1.29, 1.82) is 0 Å². The fourth-order valence-electron chi connectivity index (χ4n) is 2.28. The number of halogens is 3. The topological polar surface area (TPSA) is 30.7 Å². The number of benzene rings is 1. The molecule has 1 aromatic carbocycles. The molecule has 0 saturated heterocycles. The highest BCUT2D eigenvalue weighted by molar-refractivity contribution is 9.10. The Labute approximate surface area is 134 Å². The summed E-state index contributed by atoms with van der Waals surface area (Å²) < 4.78 is 16.1. The van der Waals surface area contributed by atoms with Gasteiger partial charge in [0.1, 0.15) is 11.6 Å². The molecule has 0 saturated carbocycles. The standard InChI is InChI=1S/C15H12BrClFN3/c16-11-7-14-13(8-12(11)18)20-15(4-5-17)21(14)9-10-3-1-2-6-19-10/h1-3,6-8H,4-5,9H2. The number of hydrogen-bond donors (Lipinski definition) is 0. The summed E-state index contributed by atoms with van der Waals surface area (Å²) in [5.74, 6) is 0.986. The lowest BCUT2D eigenvalue weighted by molar-refractivity contribution is 0.622. The van der Waals surface area contributed by atoms with Gasteiger partial charge in [0.2, 0.25) is 0 Å². The first kappa shape index (κ1) is 14.5. The highest BCUT2D eigenvalue weighted by atomic mass is 79.9. The number of imidazole rings is 1. The molecule has 0 unspecified atom stereocenters. The Morgan fingerprint density at radius 3 is 2.86 bits per heavy atom. The summed E-state index contributed by atoms with van der Waals surface area (Å²) in [4.78, 5) is 8.82. The molecule has 2 heterocycles. The first-order valence-electron chi connectivity index (χ1n) is 6.49. The third-order valence-electron chi connectivity index (χ3n) is 3.23. The SMILES string of the molecule is Fc1cc2nc(CCCl)n(Cc3ccccn3)c2cc1Br. The largest absolute Gasteiger partial charge is 0.322 e. The normalized spacial score (nSPS) is 11.2. The summed E-state index contributed by atoms with van der Waals surface area (Å²) in [5.41, 5.74) is 2.42. The fraction of sp³-hybridized carbons (Fsp3) is 0.200. The molecule has 2 aromatic heterocycles. The first-order valence-corrected chi connectivity index (χ1v) is 7.82. The maximum atomic E-state index is 13.7. The Morgan fingerprint density at radius 1 is 1.29 bits per heavy atom. The average Bonchev–Trinajstić information content (AvgIpc) is 2.79. The van der Waals surface area contributed by atoms with Gasteiger partial charge in [-0.3, -0.25) is 4.98 Å². The molecule has 0 spiro atoms. The van der Waals surface area contributed by atoms with Crippen LogP contribution in [0.5, 0.6) is 0 Å². The van der Waals surface area contributed by atoms with Gasteiger partial charge in [-0.15, -0.1) is 11.6 Å². The molecule has 0 atom stereocenters. The van der Waals surface area contributed by atoms with Crippen LogP contribution in [0.25, 0.3) is 11.0 Å². The predicted molar refractivity (Wildman–Crippen MR) is 85.2 cm³/mol. The molecular weight excluding hydrogens is 357 g/mol. The summed E-state index contributed by atoms with van der Waals surface area (Å²) in [6, 6.07) is 8.96. The molecule has 0 bridgehead atoms. The van der Waals surface area contributed by atoms with Gasteiger partial charge in [0.25, 0.3) is 0 Å². The smallest absolute Gasteiger partial charge is 0.139 e. The Bertz CT molecular complexity index is 773. The van der Waals surface area contributed by atoms with Crippen molar-refractivity contribution >= 4 is 38.6 Å². The third-order valence-corrected chi connectivity index (χ3v) is 4.03. The van der Waals surface area contributed by atoms with Crippen molar-refractivity contribution in [3.05, 3.63) is 58.3 Å². The van der Waals surface area contributed by atoms with E-state index in [1.165, 1.54) is 6.07 Å². The lowest BCUT2D eigenvalue weighted by Gasteiger charge is -2.08. The van der Waals surface area contributed by atoms with Gasteiger partial charge in [0, 0.05) is 24.6 Å². The molecule has 0 radical (unpaired) electrons. The zero-order valence-corrected chi connectivity index (χ0v) is 13.4. The predicted octanol–water partition coefficient (Wildman–Crippen LogP) is 4.16. The summed E-state index contributed by atoms with van der Waals surface area (Å²) in [6.07, 6.45) is 2.38. The van der Waals surface area contributed by atoms with E-state index >= 15 is 0 Å². The summed E-state index contributed by atoms with van der Waals surface area (Å²) in [7, 11) is 0. The minimum atomic E-state index is -0.317. The van der Waals surface area contributed by atoms with Crippen LogP contribution >= 0.6 is 27.5 Å². The molecule has 0 aliphatic heterocycles. The average molecular weight is 369 g/mol. The van der Waals surface area contributed by atoms with Gasteiger partial charge in [-0.05, 0) is 34.1 Å². The van der Waals surface area contributed by atoms with Crippen molar-refractivity contribution in [2.24, 2.45) is 0 Å². The van der Waals surface area contributed by atoms with Crippen LogP contribution in [-0.2, 0) is 13.0 Å². The third kappa shape index (κ3) is 2.94. The summed E-state index contributed by atoms with van der Waals surface area (Å²) >= 11 is 9.08. The van der Waals surface area contributed by atoms with E-state index in [4.69, 9.17) is 11.6 Å². The van der Waals surface area contributed by atoms with E-state index in [1.54, 1.807) is 12.3 Å². The number of aryl methyl sites for hydroxylation is 1. The monoisotopic (exact) mass is 367 g/mol. The Kier molecular flexibility index (Phi) is 4.22. The van der Waals surface area contributed by atoms with E-state index in [9.17, 15) is 4.39 Å². The Morgan fingerprint density at radius 2 is 2.14 bits per heavy atom. The number of pyridine rings is 1. The van der Waals surface area contributed by atoms with Crippen LogP contribution in [0.2, 0.25) is 0 Å². The van der Waals surface area contributed by atoms with Gasteiger partial charge >= 0.3 is 0 Å². The van der Waals surface area contributed by atoms with E-state index < -0.39 is 0 Å². The van der Waals surface area contributed by atoms with Gasteiger partial charge < -0.3 is 4.57 Å². The molecule has 3 aromatic rings. The van der Waals surface area contributed by atoms with E-state index in [0.717, 1.165) is 17.0 Å². The highest BCUT2D eigenvalue weighted by Crippen LogP contribution is 2.25. The zero-order valence-electron chi connectivity index (χ0n) is 11.1. The second kappa shape index (κ2) is 6.12. The quantitative estimate of drug-likeness (QED) is 0.647. The summed E-state index contributed by atoms with van der Waals surface area (Å²) in [5, 5.41) is 0. The van der Waals surface area contributed by atoms with E-state index in [0.29, 0.717) is 28.8 Å². The van der Waals surface area contributed by atoms with Crippen LogP contribution in [0.1, 0.15) is 11.5 Å². The van der Waals surface area contributed by atoms with Gasteiger partial charge in [0.05, 0.1) is 27.7 Å². The van der Waals surface area contributed by atoms with Crippen molar-refractivity contribution in [3.63, 3.8) is 0 Å². The molecule has 0 aliphatic rings. The van der Waals surface area contributed by atoms with Crippen LogP contribution in [0.4, 0.5) is 4.39 Å². The molecule has 0 amide bonds. The molecule has 108 valence electrons. The van der Waals surface area contributed by atoms with Crippen molar-refractivity contribution in [3.8, 4) is 0 Å². The minimum absolute atomic E-state index is 0.317. The second-order valence-electron chi connectivity index (χ2n) is 4.63. The van der Waals surface area contributed by atoms with Crippen LogP contribution in [0, 0.1) is 5.82 Å². The van der Waals surface area contributed by atoms with Gasteiger partial charge in [0.15, 0.2) is 0 Å². The number of fused-ring (bicyclic) bond motifs is 1. The minimum Gasteiger partial charge on any atom is -0.322 e. The van der Waals surface area contributed by atoms with E-state index in [2.05, 4.69) is 25.9 Å². The molecule has 3 rings (SSSR count). The van der Waals surface area contributed by atoms with Crippen molar-refractivity contribution in [1.82, 2.24) is 14.5 Å². The maximum Gasteiger partial charge on any atom is 0.139 e. The van der Waals surface area contributed by atoms with Crippen molar-refractivity contribution < 1.29 is 4.39 Å². The number of nitrogens with zero attached hydrogens (tertiary/aromatic N) is 3. The number of hydrogen-bond acceptors (Lipinski definition) is 2. The van der Waals surface area contributed by atoms with Crippen LogP contribution in [0.15, 0.2) is 41.0 Å². The molecule has 6 heteroatoms. The highest BCUT2D eigenvalue weighted by Gasteiger charge is 2.13. The first-order chi connectivity index (χ1) is 10.2. The maximum absolute atomic E-state index is 13.7. The molecule has 0 N–H and O–H groups in total. The van der Waals surface area contributed by atoms with Gasteiger partial charge in [-0.1, -0.05) is 6.07 Å². The van der Waals surface area contributed by atoms with Gasteiger partial charge in [-0.25, -0.2) is 9.37 Å². The molecular formula is C15H12BrClFN3. The number of alkyl halides is 1. The van der Waals surface area contributed by atoms with Crippen molar-refractivity contribution in [2.75, 3.05) is 5.88 Å². The zero-order chi connectivity index (χ0) is 14.8. The summed E-state index contributed by atoms with van der Waals surface area (Å²) in [6.45, 7) is 0.585. The van der Waals surface area contributed by atoms with Gasteiger partial charge in [-0.2, -0.15) is 0 Å². The van der Waals surface area contributed by atoms with E-state index in [1.807, 2.05) is 22.8 Å².